The number of unbranched alkanes of at least 4 members (excludes halogenated alkanes) is 1. The van der Waals surface area contributed by atoms with Gasteiger partial charge in [-0.2, -0.15) is 0 Å². The lowest BCUT2D eigenvalue weighted by atomic mass is 10.1. The average molecular weight is 313 g/mol. The summed E-state index contributed by atoms with van der Waals surface area (Å²) >= 11 is 0. The second-order valence-corrected chi connectivity index (χ2v) is 4.17. The molecule has 0 radical (unpaired) electrons. The predicted molar refractivity (Wildman–Crippen MR) is 63.4 cm³/mol. The highest BCUT2D eigenvalue weighted by Gasteiger charge is 2.11. The van der Waals surface area contributed by atoms with Gasteiger partial charge in [-0.15, -0.1) is 0 Å². The molecule has 19 heavy (non-hydrogen) atoms. The molecule has 0 bridgehead atoms. The van der Waals surface area contributed by atoms with E-state index < -0.39 is 6.10 Å². The van der Waals surface area contributed by atoms with Gasteiger partial charge in [0, 0.05) is 18.9 Å². The van der Waals surface area contributed by atoms with Gasteiger partial charge in [-0.3, -0.25) is 0 Å². The fourth-order valence-corrected chi connectivity index (χ4v) is 1.69. The summed E-state index contributed by atoms with van der Waals surface area (Å²) in [6.45, 7) is 2.42. The van der Waals surface area contributed by atoms with E-state index in [1.165, 1.54) is 18.2 Å². The lowest BCUT2D eigenvalue weighted by Crippen LogP contribution is -3.00. The molecule has 0 aliphatic carbocycles. The second kappa shape index (κ2) is 11.1. The van der Waals surface area contributed by atoms with Crippen LogP contribution in [0.3, 0.4) is 0 Å². The van der Waals surface area contributed by atoms with E-state index in [1.54, 1.807) is 0 Å². The zero-order valence-electron chi connectivity index (χ0n) is 10.7. The van der Waals surface area contributed by atoms with Crippen molar-refractivity contribution in [3.63, 3.8) is 0 Å². The van der Waals surface area contributed by atoms with E-state index in [2.05, 4.69) is 5.73 Å². The van der Waals surface area contributed by atoms with Crippen molar-refractivity contribution in [1.29, 1.82) is 0 Å². The van der Waals surface area contributed by atoms with Crippen molar-refractivity contribution in [1.82, 2.24) is 0 Å². The van der Waals surface area contributed by atoms with Crippen LogP contribution in [-0.4, -0.2) is 35.0 Å². The van der Waals surface area contributed by atoms with Crippen molar-refractivity contribution in [2.24, 2.45) is 0 Å². The maximum absolute atomic E-state index is 9.86. The molecule has 1 atom stereocenters. The molecule has 5 nitrogen and oxygen atoms in total. The Morgan fingerprint density at radius 3 is 2.16 bits per heavy atom. The number of nitrogens with two attached hydrogens (primary N) is 1. The molecule has 0 fully saturated rings. The van der Waals surface area contributed by atoms with Crippen molar-refractivity contribution in [2.45, 2.75) is 18.9 Å². The first-order valence-electron chi connectivity index (χ1n) is 5.95. The highest BCUT2D eigenvalue weighted by atomic mass is 35.5. The number of phenolic OH excluding ortho intramolecular Hbond substituents is 2. The van der Waals surface area contributed by atoms with Crippen molar-refractivity contribution in [3.05, 3.63) is 23.8 Å². The van der Waals surface area contributed by atoms with Crippen LogP contribution in [0.15, 0.2) is 18.2 Å². The van der Waals surface area contributed by atoms with Crippen LogP contribution in [0.1, 0.15) is 24.5 Å². The SMILES string of the molecule is [Cl-].[Cl-].[NH3+]CCCC[NH2+]CC(O)c1cc(O)cc(O)c1. The molecule has 0 aliphatic heterocycles. The molecule has 112 valence electrons. The first kappa shape index (κ1) is 20.6. The van der Waals surface area contributed by atoms with E-state index >= 15 is 0 Å². The van der Waals surface area contributed by atoms with E-state index in [9.17, 15) is 15.3 Å². The van der Waals surface area contributed by atoms with Gasteiger partial charge in [0.15, 0.2) is 0 Å². The molecular formula is C12H22Cl2N2O3. The summed E-state index contributed by atoms with van der Waals surface area (Å²) in [7, 11) is 0. The molecule has 0 aliphatic rings. The van der Waals surface area contributed by atoms with Crippen LogP contribution in [0, 0.1) is 0 Å². The number of hydrogen-bond donors (Lipinski definition) is 5. The lowest BCUT2D eigenvalue weighted by Gasteiger charge is -2.10. The van der Waals surface area contributed by atoms with Crippen molar-refractivity contribution >= 4 is 0 Å². The zero-order chi connectivity index (χ0) is 12.7. The Balaban J connectivity index is 0. The molecule has 1 unspecified atom stereocenters. The van der Waals surface area contributed by atoms with Crippen LogP contribution in [0.5, 0.6) is 11.5 Å². The number of aliphatic hydroxyl groups excluding tert-OH is 1. The predicted octanol–water partition coefficient (Wildman–Crippen LogP) is -7.28. The Hall–Kier alpha value is -0.720. The summed E-state index contributed by atoms with van der Waals surface area (Å²) in [5, 5.41) is 30.5. The summed E-state index contributed by atoms with van der Waals surface area (Å²) in [6.07, 6.45) is 1.51. The average Bonchev–Trinajstić information content (AvgIpc) is 2.27. The second-order valence-electron chi connectivity index (χ2n) is 4.17. The molecular weight excluding hydrogens is 291 g/mol. The Morgan fingerprint density at radius 2 is 1.63 bits per heavy atom. The smallest absolute Gasteiger partial charge is 0.128 e. The number of phenols is 2. The van der Waals surface area contributed by atoms with E-state index in [4.69, 9.17) is 0 Å². The molecule has 0 saturated heterocycles. The fraction of sp³-hybridized carbons (Fsp3) is 0.500. The van der Waals surface area contributed by atoms with Gasteiger partial charge in [0.2, 0.25) is 0 Å². The van der Waals surface area contributed by atoms with Gasteiger partial charge in [-0.05, 0) is 17.7 Å². The number of hydrogen-bond acceptors (Lipinski definition) is 3. The summed E-state index contributed by atoms with van der Waals surface area (Å²) in [6, 6.07) is 4.18. The standard InChI is InChI=1S/C12H20N2O3.2ClH/c13-3-1-2-4-14-8-12(17)9-5-10(15)7-11(16)6-9;;/h5-7,12,14-17H,1-4,8,13H2;2*1H. The minimum Gasteiger partial charge on any atom is -1.00 e. The minimum absolute atomic E-state index is 0. The summed E-state index contributed by atoms with van der Waals surface area (Å²) in [5.41, 5.74) is 4.30. The first-order chi connectivity index (χ1) is 8.13. The molecule has 0 aromatic heterocycles. The van der Waals surface area contributed by atoms with Crippen LogP contribution in [-0.2, 0) is 0 Å². The fourth-order valence-electron chi connectivity index (χ4n) is 1.69. The molecule has 1 aromatic carbocycles. The molecule has 7 heteroatoms. The number of aliphatic hydroxyl groups is 1. The maximum atomic E-state index is 9.86. The van der Waals surface area contributed by atoms with Crippen molar-refractivity contribution in [2.75, 3.05) is 19.6 Å². The summed E-state index contributed by atoms with van der Waals surface area (Å²) in [4.78, 5) is 0. The third-order valence-electron chi connectivity index (χ3n) is 2.61. The Labute approximate surface area is 125 Å². The number of benzene rings is 1. The van der Waals surface area contributed by atoms with Crippen molar-refractivity contribution < 1.29 is 51.2 Å². The van der Waals surface area contributed by atoms with Gasteiger partial charge in [0.25, 0.3) is 0 Å². The molecule has 0 heterocycles. The van der Waals surface area contributed by atoms with Crippen LogP contribution in [0.4, 0.5) is 0 Å². The van der Waals surface area contributed by atoms with Gasteiger partial charge >= 0.3 is 0 Å². The lowest BCUT2D eigenvalue weighted by molar-refractivity contribution is -0.662. The van der Waals surface area contributed by atoms with Crippen LogP contribution in [0.25, 0.3) is 0 Å². The van der Waals surface area contributed by atoms with Gasteiger partial charge in [0.05, 0.1) is 13.1 Å². The number of halogens is 2. The van der Waals surface area contributed by atoms with Gasteiger partial charge in [-0.25, -0.2) is 0 Å². The Bertz CT molecular complexity index is 333. The third-order valence-corrected chi connectivity index (χ3v) is 2.61. The highest BCUT2D eigenvalue weighted by Crippen LogP contribution is 2.24. The topological polar surface area (TPSA) is 105 Å². The molecule has 0 amide bonds. The zero-order valence-corrected chi connectivity index (χ0v) is 12.2. The van der Waals surface area contributed by atoms with Gasteiger partial charge in [0.1, 0.15) is 24.1 Å². The van der Waals surface area contributed by atoms with Crippen molar-refractivity contribution in [3.8, 4) is 11.5 Å². The van der Waals surface area contributed by atoms with Gasteiger partial charge < -0.3 is 51.2 Å². The maximum Gasteiger partial charge on any atom is 0.128 e. The van der Waals surface area contributed by atoms with Crippen LogP contribution in [0.2, 0.25) is 0 Å². The molecule has 8 N–H and O–H groups in total. The quantitative estimate of drug-likeness (QED) is 0.323. The monoisotopic (exact) mass is 312 g/mol. The summed E-state index contributed by atoms with van der Waals surface area (Å²) < 4.78 is 0. The number of rotatable bonds is 7. The molecule has 1 rings (SSSR count). The Morgan fingerprint density at radius 1 is 1.05 bits per heavy atom. The van der Waals surface area contributed by atoms with E-state index in [1.807, 2.05) is 5.32 Å². The van der Waals surface area contributed by atoms with Gasteiger partial charge in [-0.1, -0.05) is 0 Å². The molecule has 1 aromatic rings. The normalized spacial score (nSPS) is 11.3. The highest BCUT2D eigenvalue weighted by molar-refractivity contribution is 5.37. The number of aromatic hydroxyl groups is 2. The van der Waals surface area contributed by atoms with Crippen LogP contribution < -0.4 is 35.9 Å². The third kappa shape index (κ3) is 8.13. The largest absolute Gasteiger partial charge is 1.00 e. The minimum atomic E-state index is -0.673. The number of quaternary nitrogens is 2. The first-order valence-corrected chi connectivity index (χ1v) is 5.95. The summed E-state index contributed by atoms with van der Waals surface area (Å²) in [5.74, 6) is -0.0628. The van der Waals surface area contributed by atoms with E-state index in [0.717, 1.165) is 25.9 Å². The van der Waals surface area contributed by atoms with E-state index in [0.29, 0.717) is 12.1 Å². The Kier molecular flexibility index (Phi) is 12.1. The van der Waals surface area contributed by atoms with E-state index in [-0.39, 0.29) is 36.3 Å². The molecule has 0 saturated carbocycles. The van der Waals surface area contributed by atoms with Crippen LogP contribution >= 0.6 is 0 Å². The molecule has 0 spiro atoms.